The number of hydrogen-bond donors (Lipinski definition) is 2. The maximum atomic E-state index is 12.6. The molecule has 0 radical (unpaired) electrons. The summed E-state index contributed by atoms with van der Waals surface area (Å²) in [5, 5.41) is 5.93. The van der Waals surface area contributed by atoms with E-state index < -0.39 is 0 Å². The molecule has 6 nitrogen and oxygen atoms in total. The van der Waals surface area contributed by atoms with Gasteiger partial charge < -0.3 is 15.4 Å². The van der Waals surface area contributed by atoms with Crippen LogP contribution in [0.25, 0.3) is 0 Å². The van der Waals surface area contributed by atoms with Crippen molar-refractivity contribution >= 4 is 17.5 Å². The molecule has 6 heteroatoms. The maximum absolute atomic E-state index is 12.6. The Morgan fingerprint density at radius 1 is 1.28 bits per heavy atom. The molecule has 136 valence electrons. The summed E-state index contributed by atoms with van der Waals surface area (Å²) >= 11 is 0. The third-order valence-electron chi connectivity index (χ3n) is 5.02. The van der Waals surface area contributed by atoms with Crippen LogP contribution in [-0.2, 0) is 16.0 Å². The Bertz CT molecular complexity index is 639. The van der Waals surface area contributed by atoms with Crippen LogP contribution < -0.4 is 10.6 Å². The van der Waals surface area contributed by atoms with Crippen LogP contribution in [0.1, 0.15) is 36.2 Å². The highest BCUT2D eigenvalue weighted by Gasteiger charge is 2.24. The number of amides is 2. The molecule has 2 aliphatic heterocycles. The van der Waals surface area contributed by atoms with E-state index in [4.69, 9.17) is 4.74 Å². The zero-order valence-electron chi connectivity index (χ0n) is 15.0. The summed E-state index contributed by atoms with van der Waals surface area (Å²) in [5.41, 5.74) is 2.50. The van der Waals surface area contributed by atoms with Gasteiger partial charge in [-0.2, -0.15) is 0 Å². The monoisotopic (exact) mass is 345 g/mol. The van der Waals surface area contributed by atoms with Crippen molar-refractivity contribution in [2.75, 3.05) is 38.2 Å². The van der Waals surface area contributed by atoms with Crippen LogP contribution in [0.5, 0.6) is 0 Å². The fourth-order valence-electron chi connectivity index (χ4n) is 3.52. The van der Waals surface area contributed by atoms with Crippen LogP contribution in [-0.4, -0.2) is 55.6 Å². The van der Waals surface area contributed by atoms with E-state index in [0.29, 0.717) is 36.9 Å². The van der Waals surface area contributed by atoms with Gasteiger partial charge in [0, 0.05) is 43.3 Å². The summed E-state index contributed by atoms with van der Waals surface area (Å²) in [7, 11) is 0. The SMILES string of the molecule is CC(C)[C@H](CNC(=O)c1ccc2c(c1)CCC(=O)N2)N1CCOCC1. The molecule has 1 atom stereocenters. The van der Waals surface area contributed by atoms with Crippen molar-refractivity contribution in [3.05, 3.63) is 29.3 Å². The lowest BCUT2D eigenvalue weighted by Gasteiger charge is -2.36. The largest absolute Gasteiger partial charge is 0.379 e. The predicted octanol–water partition coefficient (Wildman–Crippen LogP) is 1.66. The Balaban J connectivity index is 1.62. The summed E-state index contributed by atoms with van der Waals surface area (Å²) in [6.45, 7) is 8.35. The molecule has 2 heterocycles. The van der Waals surface area contributed by atoms with Crippen LogP contribution >= 0.6 is 0 Å². The van der Waals surface area contributed by atoms with Crippen LogP contribution in [0.3, 0.4) is 0 Å². The summed E-state index contributed by atoms with van der Waals surface area (Å²) in [5.74, 6) is 0.436. The number of ether oxygens (including phenoxy) is 1. The third-order valence-corrected chi connectivity index (χ3v) is 5.02. The number of nitrogens with one attached hydrogen (secondary N) is 2. The second-order valence-corrected chi connectivity index (χ2v) is 7.09. The first kappa shape index (κ1) is 17.9. The maximum Gasteiger partial charge on any atom is 0.251 e. The van der Waals surface area contributed by atoms with E-state index in [-0.39, 0.29) is 11.8 Å². The molecule has 0 unspecified atom stereocenters. The van der Waals surface area contributed by atoms with Gasteiger partial charge in [-0.1, -0.05) is 13.8 Å². The van der Waals surface area contributed by atoms with E-state index >= 15 is 0 Å². The van der Waals surface area contributed by atoms with E-state index in [0.717, 1.165) is 37.6 Å². The highest BCUT2D eigenvalue weighted by atomic mass is 16.5. The van der Waals surface area contributed by atoms with Crippen LogP contribution in [0.4, 0.5) is 5.69 Å². The Kier molecular flexibility index (Phi) is 5.71. The third kappa shape index (κ3) is 4.38. The van der Waals surface area contributed by atoms with Gasteiger partial charge in [-0.15, -0.1) is 0 Å². The van der Waals surface area contributed by atoms with Crippen molar-refractivity contribution in [3.8, 4) is 0 Å². The molecule has 1 aromatic carbocycles. The lowest BCUT2D eigenvalue weighted by atomic mass is 9.99. The number of aryl methyl sites for hydroxylation is 1. The molecule has 1 saturated heterocycles. The topological polar surface area (TPSA) is 70.7 Å². The number of benzene rings is 1. The molecule has 2 aliphatic rings. The normalized spacial score (nSPS) is 19.2. The van der Waals surface area contributed by atoms with Crippen molar-refractivity contribution in [3.63, 3.8) is 0 Å². The smallest absolute Gasteiger partial charge is 0.251 e. The number of hydrogen-bond acceptors (Lipinski definition) is 4. The van der Waals surface area contributed by atoms with Gasteiger partial charge in [-0.3, -0.25) is 14.5 Å². The number of anilines is 1. The van der Waals surface area contributed by atoms with Gasteiger partial charge in [0.25, 0.3) is 5.91 Å². The number of carbonyl (C=O) groups excluding carboxylic acids is 2. The quantitative estimate of drug-likeness (QED) is 0.851. The van der Waals surface area contributed by atoms with E-state index in [1.165, 1.54) is 0 Å². The van der Waals surface area contributed by atoms with Gasteiger partial charge in [-0.05, 0) is 36.1 Å². The molecule has 0 bridgehead atoms. The van der Waals surface area contributed by atoms with Crippen molar-refractivity contribution in [2.24, 2.45) is 5.92 Å². The number of rotatable bonds is 5. The van der Waals surface area contributed by atoms with Gasteiger partial charge in [0.15, 0.2) is 0 Å². The Morgan fingerprint density at radius 3 is 2.76 bits per heavy atom. The zero-order valence-corrected chi connectivity index (χ0v) is 15.0. The Morgan fingerprint density at radius 2 is 2.04 bits per heavy atom. The Labute approximate surface area is 148 Å². The van der Waals surface area contributed by atoms with Crippen LogP contribution in [0.15, 0.2) is 18.2 Å². The fourth-order valence-corrected chi connectivity index (χ4v) is 3.52. The average molecular weight is 345 g/mol. The second-order valence-electron chi connectivity index (χ2n) is 7.09. The van der Waals surface area contributed by atoms with Crippen molar-refractivity contribution in [1.29, 1.82) is 0 Å². The molecule has 25 heavy (non-hydrogen) atoms. The second kappa shape index (κ2) is 7.97. The summed E-state index contributed by atoms with van der Waals surface area (Å²) in [6, 6.07) is 5.80. The molecule has 0 spiro atoms. The van der Waals surface area contributed by atoms with E-state index in [2.05, 4.69) is 29.4 Å². The summed E-state index contributed by atoms with van der Waals surface area (Å²) in [4.78, 5) is 26.4. The van der Waals surface area contributed by atoms with Gasteiger partial charge in [-0.25, -0.2) is 0 Å². The molecular formula is C19H27N3O3. The van der Waals surface area contributed by atoms with Crippen molar-refractivity contribution < 1.29 is 14.3 Å². The molecule has 3 rings (SSSR count). The van der Waals surface area contributed by atoms with Crippen molar-refractivity contribution in [2.45, 2.75) is 32.7 Å². The van der Waals surface area contributed by atoms with Crippen molar-refractivity contribution in [1.82, 2.24) is 10.2 Å². The predicted molar refractivity (Wildman–Crippen MR) is 96.7 cm³/mol. The van der Waals surface area contributed by atoms with E-state index in [1.807, 2.05) is 12.1 Å². The van der Waals surface area contributed by atoms with E-state index in [9.17, 15) is 9.59 Å². The minimum atomic E-state index is -0.0568. The number of morpholine rings is 1. The summed E-state index contributed by atoms with van der Waals surface area (Å²) < 4.78 is 5.43. The average Bonchev–Trinajstić information content (AvgIpc) is 2.62. The first-order valence-corrected chi connectivity index (χ1v) is 9.07. The fraction of sp³-hybridized carbons (Fsp3) is 0.579. The lowest BCUT2D eigenvalue weighted by molar-refractivity contribution is -0.116. The highest BCUT2D eigenvalue weighted by molar-refractivity contribution is 5.97. The standard InChI is InChI=1S/C19H27N3O3/c1-13(2)17(22-7-9-25-10-8-22)12-20-19(24)15-3-5-16-14(11-15)4-6-18(23)21-16/h3,5,11,13,17H,4,6-10,12H2,1-2H3,(H,20,24)(H,21,23)/t17-/m0/s1. The molecule has 2 amide bonds. The molecule has 2 N–H and O–H groups in total. The summed E-state index contributed by atoms with van der Waals surface area (Å²) in [6.07, 6.45) is 1.16. The van der Waals surface area contributed by atoms with Gasteiger partial charge >= 0.3 is 0 Å². The molecule has 1 fully saturated rings. The Hall–Kier alpha value is -1.92. The van der Waals surface area contributed by atoms with Crippen LogP contribution in [0, 0.1) is 5.92 Å². The molecule has 0 aromatic heterocycles. The molecule has 0 aliphatic carbocycles. The number of nitrogens with zero attached hydrogens (tertiary/aromatic N) is 1. The van der Waals surface area contributed by atoms with E-state index in [1.54, 1.807) is 6.07 Å². The number of carbonyl (C=O) groups is 2. The zero-order chi connectivity index (χ0) is 17.8. The molecule has 1 aromatic rings. The highest BCUT2D eigenvalue weighted by Crippen LogP contribution is 2.23. The van der Waals surface area contributed by atoms with Gasteiger partial charge in [0.2, 0.25) is 5.91 Å². The van der Waals surface area contributed by atoms with Gasteiger partial charge in [0.1, 0.15) is 0 Å². The first-order valence-electron chi connectivity index (χ1n) is 9.07. The molecule has 0 saturated carbocycles. The molecular weight excluding hydrogens is 318 g/mol. The minimum Gasteiger partial charge on any atom is -0.379 e. The van der Waals surface area contributed by atoms with Gasteiger partial charge in [0.05, 0.1) is 13.2 Å². The first-order chi connectivity index (χ1) is 12.0. The van der Waals surface area contributed by atoms with Crippen LogP contribution in [0.2, 0.25) is 0 Å². The number of fused-ring (bicyclic) bond motifs is 1. The minimum absolute atomic E-state index is 0.0370. The lowest BCUT2D eigenvalue weighted by Crippen LogP contribution is -2.51.